The maximum absolute atomic E-state index is 12.0. The second-order valence-electron chi connectivity index (χ2n) is 5.68. The van der Waals surface area contributed by atoms with Crippen LogP contribution < -0.4 is 16.0 Å². The van der Waals surface area contributed by atoms with Crippen LogP contribution in [0.2, 0.25) is 0 Å². The van der Waals surface area contributed by atoms with E-state index in [-0.39, 0.29) is 6.04 Å². The molecule has 0 atom stereocenters. The van der Waals surface area contributed by atoms with E-state index >= 15 is 0 Å². The normalized spacial score (nSPS) is 11.6. The van der Waals surface area contributed by atoms with Crippen LogP contribution in [0.25, 0.3) is 10.9 Å². The van der Waals surface area contributed by atoms with Gasteiger partial charge in [0, 0.05) is 23.3 Å². The first-order chi connectivity index (χ1) is 11.6. The lowest BCUT2D eigenvalue weighted by Gasteiger charge is -2.10. The molecule has 0 radical (unpaired) electrons. The van der Waals surface area contributed by atoms with E-state index < -0.39 is 31.2 Å². The van der Waals surface area contributed by atoms with E-state index in [1.165, 1.54) is 0 Å². The molecule has 0 spiro atoms. The van der Waals surface area contributed by atoms with Crippen LogP contribution in [-0.4, -0.2) is 41.0 Å². The first kappa shape index (κ1) is 18.6. The minimum absolute atomic E-state index is 0.197. The summed E-state index contributed by atoms with van der Waals surface area (Å²) in [7, 11) is 0. The summed E-state index contributed by atoms with van der Waals surface area (Å²) in [6.07, 6.45) is -2.65. The lowest BCUT2D eigenvalue weighted by molar-refractivity contribution is -0.137. The van der Waals surface area contributed by atoms with E-state index in [0.29, 0.717) is 5.69 Å². The summed E-state index contributed by atoms with van der Waals surface area (Å²) in [5.74, 6) is -0.930. The molecule has 0 aliphatic heterocycles. The van der Waals surface area contributed by atoms with E-state index in [1.807, 2.05) is 20.0 Å². The summed E-state index contributed by atoms with van der Waals surface area (Å²) in [6.45, 7) is 1.98. The smallest absolute Gasteiger partial charge is 0.345 e. The van der Waals surface area contributed by atoms with Gasteiger partial charge in [-0.05, 0) is 32.0 Å². The highest BCUT2D eigenvalue weighted by Gasteiger charge is 2.27. The molecule has 2 aromatic rings. The fourth-order valence-electron chi connectivity index (χ4n) is 1.98. The molecule has 3 amide bonds. The Balaban J connectivity index is 1.88. The molecule has 0 aliphatic carbocycles. The number of carbonyl (C=O) groups is 2. The Morgan fingerprint density at radius 2 is 1.96 bits per heavy atom. The predicted molar refractivity (Wildman–Crippen MR) is 86.2 cm³/mol. The molecule has 0 aliphatic rings. The molecule has 1 aromatic carbocycles. The van der Waals surface area contributed by atoms with Crippen LogP contribution in [0.3, 0.4) is 0 Å². The first-order valence-corrected chi connectivity index (χ1v) is 7.51. The Kier molecular flexibility index (Phi) is 5.50. The summed E-state index contributed by atoms with van der Waals surface area (Å²) in [5, 5.41) is 11.6. The molecule has 0 bridgehead atoms. The molecule has 0 fully saturated rings. The largest absolute Gasteiger partial charge is 0.405 e. The monoisotopic (exact) mass is 357 g/mol. The number of fused-ring (bicyclic) bond motifs is 1. The second-order valence-corrected chi connectivity index (χ2v) is 5.68. The Labute approximate surface area is 141 Å². The molecule has 136 valence electrons. The maximum atomic E-state index is 12.0. The second kappa shape index (κ2) is 7.41. The molecule has 1 heterocycles. The van der Waals surface area contributed by atoms with Gasteiger partial charge in [-0.2, -0.15) is 18.3 Å². The summed E-state index contributed by atoms with van der Waals surface area (Å²) >= 11 is 0. The van der Waals surface area contributed by atoms with Crippen molar-refractivity contribution in [2.75, 3.05) is 18.4 Å². The predicted octanol–water partition coefficient (Wildman–Crippen LogP) is 2.42. The molecule has 10 heteroatoms. The van der Waals surface area contributed by atoms with Gasteiger partial charge < -0.3 is 16.0 Å². The van der Waals surface area contributed by atoms with Crippen LogP contribution in [0.15, 0.2) is 24.4 Å². The first-order valence-electron chi connectivity index (χ1n) is 7.51. The molecule has 7 nitrogen and oxygen atoms in total. The van der Waals surface area contributed by atoms with Crippen LogP contribution >= 0.6 is 0 Å². The van der Waals surface area contributed by atoms with Gasteiger partial charge in [0.25, 0.3) is 0 Å². The number of halogens is 3. The molecular weight excluding hydrogens is 339 g/mol. The maximum Gasteiger partial charge on any atom is 0.405 e. The third-order valence-corrected chi connectivity index (χ3v) is 3.20. The zero-order valence-corrected chi connectivity index (χ0v) is 13.6. The fourth-order valence-corrected chi connectivity index (χ4v) is 1.98. The van der Waals surface area contributed by atoms with Gasteiger partial charge >= 0.3 is 12.2 Å². The van der Waals surface area contributed by atoms with Crippen molar-refractivity contribution in [1.29, 1.82) is 0 Å². The molecule has 0 unspecified atom stereocenters. The summed E-state index contributed by atoms with van der Waals surface area (Å²) in [4.78, 5) is 22.9. The molecule has 3 N–H and O–H groups in total. The number of rotatable bonds is 5. The van der Waals surface area contributed by atoms with E-state index in [2.05, 4.69) is 15.7 Å². The number of hydrogen-bond acceptors (Lipinski definition) is 3. The topological polar surface area (TPSA) is 88.0 Å². The molecule has 25 heavy (non-hydrogen) atoms. The third-order valence-electron chi connectivity index (χ3n) is 3.20. The Morgan fingerprint density at radius 1 is 1.24 bits per heavy atom. The van der Waals surface area contributed by atoms with Gasteiger partial charge in [-0.1, -0.05) is 0 Å². The van der Waals surface area contributed by atoms with Crippen molar-refractivity contribution in [3.63, 3.8) is 0 Å². The SMILES string of the molecule is CC(C)n1cc2cc(NC(=O)NCC(=O)NCC(F)(F)F)ccc2n1. The van der Waals surface area contributed by atoms with Gasteiger partial charge in [0.2, 0.25) is 5.91 Å². The third kappa shape index (κ3) is 5.66. The van der Waals surface area contributed by atoms with E-state index in [0.717, 1.165) is 10.9 Å². The number of nitrogens with zero attached hydrogens (tertiary/aromatic N) is 2. The standard InChI is InChI=1S/C15H18F3N5O2/c1-9(2)23-7-10-5-11(3-4-12(10)22-23)21-14(25)19-6-13(24)20-8-15(16,17)18/h3-5,7,9H,6,8H2,1-2H3,(H,20,24)(H2,19,21,25). The number of aromatic nitrogens is 2. The van der Waals surface area contributed by atoms with Crippen molar-refractivity contribution >= 4 is 28.5 Å². The van der Waals surface area contributed by atoms with Gasteiger partial charge in [-0.15, -0.1) is 0 Å². The number of alkyl halides is 3. The van der Waals surface area contributed by atoms with Gasteiger partial charge in [0.15, 0.2) is 0 Å². The minimum Gasteiger partial charge on any atom is -0.345 e. The highest BCUT2D eigenvalue weighted by molar-refractivity contribution is 5.94. The number of hydrogen-bond donors (Lipinski definition) is 3. The number of nitrogens with one attached hydrogen (secondary N) is 3. The fraction of sp³-hybridized carbons (Fsp3) is 0.400. The summed E-state index contributed by atoms with van der Waals surface area (Å²) < 4.78 is 37.7. The summed E-state index contributed by atoms with van der Waals surface area (Å²) in [6, 6.07) is 4.59. The zero-order chi connectivity index (χ0) is 18.6. The number of benzene rings is 1. The van der Waals surface area contributed by atoms with Gasteiger partial charge in [-0.3, -0.25) is 9.48 Å². The number of amides is 3. The number of urea groups is 1. The van der Waals surface area contributed by atoms with E-state index in [9.17, 15) is 22.8 Å². The quantitative estimate of drug-likeness (QED) is 0.768. The Morgan fingerprint density at radius 3 is 2.60 bits per heavy atom. The van der Waals surface area contributed by atoms with Gasteiger partial charge in [-0.25, -0.2) is 4.79 Å². The molecule has 1 aromatic heterocycles. The number of carbonyl (C=O) groups excluding carboxylic acids is 2. The lowest BCUT2D eigenvalue weighted by atomic mass is 10.2. The van der Waals surface area contributed by atoms with Crippen molar-refractivity contribution in [3.05, 3.63) is 24.4 Å². The van der Waals surface area contributed by atoms with Crippen LogP contribution in [-0.2, 0) is 4.79 Å². The highest BCUT2D eigenvalue weighted by Crippen LogP contribution is 2.19. The van der Waals surface area contributed by atoms with E-state index in [4.69, 9.17) is 0 Å². The van der Waals surface area contributed by atoms with Crippen molar-refractivity contribution in [3.8, 4) is 0 Å². The Bertz CT molecular complexity index is 770. The van der Waals surface area contributed by atoms with Crippen molar-refractivity contribution in [2.24, 2.45) is 0 Å². The highest BCUT2D eigenvalue weighted by atomic mass is 19.4. The lowest BCUT2D eigenvalue weighted by Crippen LogP contribution is -2.42. The average molecular weight is 357 g/mol. The van der Waals surface area contributed by atoms with E-state index in [1.54, 1.807) is 28.2 Å². The zero-order valence-electron chi connectivity index (χ0n) is 13.6. The molecule has 0 saturated carbocycles. The van der Waals surface area contributed by atoms with Crippen molar-refractivity contribution < 1.29 is 22.8 Å². The van der Waals surface area contributed by atoms with Crippen LogP contribution in [0, 0.1) is 0 Å². The Hall–Kier alpha value is -2.78. The average Bonchev–Trinajstić information content (AvgIpc) is 2.94. The van der Waals surface area contributed by atoms with Crippen LogP contribution in [0.5, 0.6) is 0 Å². The minimum atomic E-state index is -4.49. The summed E-state index contributed by atoms with van der Waals surface area (Å²) in [5.41, 5.74) is 1.25. The van der Waals surface area contributed by atoms with Gasteiger partial charge in [0.1, 0.15) is 6.54 Å². The van der Waals surface area contributed by atoms with Crippen molar-refractivity contribution in [1.82, 2.24) is 20.4 Å². The van der Waals surface area contributed by atoms with Crippen LogP contribution in [0.1, 0.15) is 19.9 Å². The van der Waals surface area contributed by atoms with Crippen LogP contribution in [0.4, 0.5) is 23.7 Å². The number of anilines is 1. The van der Waals surface area contributed by atoms with Gasteiger partial charge in [0.05, 0.1) is 12.1 Å². The molecule has 2 rings (SSSR count). The molecule has 0 saturated heterocycles. The molecular formula is C15H18F3N5O2. The van der Waals surface area contributed by atoms with Crippen molar-refractivity contribution in [2.45, 2.75) is 26.1 Å².